The van der Waals surface area contributed by atoms with Crippen molar-refractivity contribution in [2.45, 2.75) is 51.4 Å². The molecule has 1 aliphatic rings. The minimum absolute atomic E-state index is 0.0399. The molecule has 2 atom stereocenters. The summed E-state index contributed by atoms with van der Waals surface area (Å²) < 4.78 is 0. The molecule has 1 aliphatic carbocycles. The topological polar surface area (TPSA) is 50.2 Å². The Balaban J connectivity index is 1.73. The Morgan fingerprint density at radius 2 is 1.89 bits per heavy atom. The highest BCUT2D eigenvalue weighted by atomic mass is 16.4. The molecular formula is C25H27NO2. The van der Waals surface area contributed by atoms with Crippen LogP contribution in [0.1, 0.15) is 56.2 Å². The van der Waals surface area contributed by atoms with Crippen molar-refractivity contribution in [1.29, 1.82) is 0 Å². The normalized spacial score (nSPS) is 18.3. The number of rotatable bonds is 8. The van der Waals surface area contributed by atoms with Crippen molar-refractivity contribution >= 4 is 16.9 Å². The number of benzene rings is 2. The smallest absolute Gasteiger partial charge is 0.307 e. The third-order valence-electron chi connectivity index (χ3n) is 5.78. The molecule has 1 N–H and O–H groups in total. The molecule has 0 unspecified atom stereocenters. The molecule has 0 amide bonds. The molecule has 3 nitrogen and oxygen atoms in total. The molecule has 0 bridgehead atoms. The highest BCUT2D eigenvalue weighted by Crippen LogP contribution is 2.48. The predicted molar refractivity (Wildman–Crippen MR) is 114 cm³/mol. The Labute approximate surface area is 166 Å². The van der Waals surface area contributed by atoms with Crippen molar-refractivity contribution in [3.63, 3.8) is 0 Å². The molecule has 1 aromatic heterocycles. The number of carbonyl (C=O) groups is 1. The first-order valence-corrected chi connectivity index (χ1v) is 10.4. The first-order chi connectivity index (χ1) is 13.7. The number of fused-ring (bicyclic) bond motifs is 1. The van der Waals surface area contributed by atoms with Crippen LogP contribution in [0, 0.1) is 5.92 Å². The Morgan fingerprint density at radius 1 is 1.07 bits per heavy atom. The maximum atomic E-state index is 11.3. The summed E-state index contributed by atoms with van der Waals surface area (Å²) in [5.41, 5.74) is 5.54. The highest BCUT2D eigenvalue weighted by Gasteiger charge is 2.45. The van der Waals surface area contributed by atoms with E-state index in [1.807, 2.05) is 18.2 Å². The fraction of sp³-hybridized carbons (Fsp3) is 0.360. The van der Waals surface area contributed by atoms with Crippen molar-refractivity contribution < 1.29 is 9.90 Å². The second-order valence-electron chi connectivity index (χ2n) is 7.91. The van der Waals surface area contributed by atoms with Crippen LogP contribution in [-0.4, -0.2) is 16.1 Å². The van der Waals surface area contributed by atoms with Crippen LogP contribution in [0.3, 0.4) is 0 Å². The number of nitrogens with zero attached hydrogens (tertiary/aromatic N) is 1. The quantitative estimate of drug-likeness (QED) is 0.477. The lowest BCUT2D eigenvalue weighted by Crippen LogP contribution is -2.01. The summed E-state index contributed by atoms with van der Waals surface area (Å²) in [5.74, 6) is -0.958. The van der Waals surface area contributed by atoms with Crippen LogP contribution in [0.5, 0.6) is 0 Å². The lowest BCUT2D eigenvalue weighted by atomic mass is 9.96. The van der Waals surface area contributed by atoms with E-state index in [0.717, 1.165) is 34.1 Å². The van der Waals surface area contributed by atoms with Crippen molar-refractivity contribution in [3.8, 4) is 11.1 Å². The van der Waals surface area contributed by atoms with Crippen LogP contribution in [0.15, 0.2) is 54.6 Å². The Morgan fingerprint density at radius 3 is 2.61 bits per heavy atom. The van der Waals surface area contributed by atoms with Crippen LogP contribution in [-0.2, 0) is 11.2 Å². The van der Waals surface area contributed by atoms with E-state index in [4.69, 9.17) is 4.98 Å². The van der Waals surface area contributed by atoms with Gasteiger partial charge in [-0.25, -0.2) is 0 Å². The minimum atomic E-state index is -0.712. The van der Waals surface area contributed by atoms with Crippen LogP contribution >= 0.6 is 0 Å². The number of aryl methyl sites for hydroxylation is 1. The van der Waals surface area contributed by atoms with Gasteiger partial charge in [-0.05, 0) is 54.2 Å². The Kier molecular flexibility index (Phi) is 5.43. The second-order valence-corrected chi connectivity index (χ2v) is 7.91. The largest absolute Gasteiger partial charge is 0.481 e. The highest BCUT2D eigenvalue weighted by molar-refractivity contribution is 5.95. The molecule has 2 aromatic carbocycles. The molecular weight excluding hydrogens is 346 g/mol. The number of carboxylic acid groups (broad SMARTS) is 1. The van der Waals surface area contributed by atoms with Crippen LogP contribution in [0.25, 0.3) is 22.0 Å². The summed E-state index contributed by atoms with van der Waals surface area (Å²) in [5, 5.41) is 10.5. The summed E-state index contributed by atoms with van der Waals surface area (Å²) >= 11 is 0. The average molecular weight is 373 g/mol. The number of carboxylic acids is 1. The van der Waals surface area contributed by atoms with E-state index in [1.165, 1.54) is 31.2 Å². The van der Waals surface area contributed by atoms with Gasteiger partial charge in [0.2, 0.25) is 0 Å². The minimum Gasteiger partial charge on any atom is -0.481 e. The van der Waals surface area contributed by atoms with E-state index < -0.39 is 5.97 Å². The molecule has 144 valence electrons. The molecule has 0 saturated heterocycles. The lowest BCUT2D eigenvalue weighted by Gasteiger charge is -2.12. The van der Waals surface area contributed by atoms with Gasteiger partial charge in [0.15, 0.2) is 0 Å². The second kappa shape index (κ2) is 8.14. The fourth-order valence-electron chi connectivity index (χ4n) is 4.05. The number of aromatic nitrogens is 1. The van der Waals surface area contributed by atoms with Gasteiger partial charge in [0.1, 0.15) is 0 Å². The number of pyridine rings is 1. The third kappa shape index (κ3) is 3.94. The molecule has 1 saturated carbocycles. The molecule has 3 heteroatoms. The zero-order chi connectivity index (χ0) is 19.5. The standard InChI is InChI=1S/C25H27NO2/c1-2-3-4-6-9-17-12-13-23-20(14-17)19(18-10-7-5-8-11-18)16-24(26-23)21-15-22(21)25(27)28/h5,7-8,10-14,16,21-22H,2-4,6,9,15H2,1H3,(H,27,28)/t21-,22-/m1/s1. The van der Waals surface area contributed by atoms with Crippen molar-refractivity contribution in [2.24, 2.45) is 5.92 Å². The van der Waals surface area contributed by atoms with Gasteiger partial charge in [0, 0.05) is 17.0 Å². The zero-order valence-electron chi connectivity index (χ0n) is 16.4. The summed E-state index contributed by atoms with van der Waals surface area (Å²) in [6.45, 7) is 2.24. The molecule has 0 spiro atoms. The van der Waals surface area contributed by atoms with Crippen molar-refractivity contribution in [3.05, 3.63) is 65.9 Å². The summed E-state index contributed by atoms with van der Waals surface area (Å²) in [6, 6.07) is 19.0. The Hall–Kier alpha value is -2.68. The zero-order valence-corrected chi connectivity index (χ0v) is 16.4. The number of unbranched alkanes of at least 4 members (excludes halogenated alkanes) is 3. The monoisotopic (exact) mass is 373 g/mol. The van der Waals surface area contributed by atoms with E-state index in [-0.39, 0.29) is 11.8 Å². The van der Waals surface area contributed by atoms with Crippen LogP contribution in [0.4, 0.5) is 0 Å². The number of aliphatic carboxylic acids is 1. The number of hydrogen-bond donors (Lipinski definition) is 1. The fourth-order valence-corrected chi connectivity index (χ4v) is 4.05. The van der Waals surface area contributed by atoms with Gasteiger partial charge in [-0.15, -0.1) is 0 Å². The first kappa shape index (κ1) is 18.7. The molecule has 4 rings (SSSR count). The summed E-state index contributed by atoms with van der Waals surface area (Å²) in [7, 11) is 0. The maximum absolute atomic E-state index is 11.3. The summed E-state index contributed by atoms with van der Waals surface area (Å²) in [6.07, 6.45) is 6.82. The van der Waals surface area contributed by atoms with Gasteiger partial charge in [-0.3, -0.25) is 9.78 Å². The SMILES string of the molecule is CCCCCCc1ccc2nc([C@@H]3C[C@H]3C(=O)O)cc(-c3ccccc3)c2c1. The van der Waals surface area contributed by atoms with E-state index in [2.05, 4.69) is 43.3 Å². The van der Waals surface area contributed by atoms with Gasteiger partial charge < -0.3 is 5.11 Å². The van der Waals surface area contributed by atoms with Gasteiger partial charge in [-0.2, -0.15) is 0 Å². The first-order valence-electron chi connectivity index (χ1n) is 10.4. The number of hydrogen-bond acceptors (Lipinski definition) is 2. The van der Waals surface area contributed by atoms with E-state index in [9.17, 15) is 9.90 Å². The molecule has 1 fully saturated rings. The van der Waals surface area contributed by atoms with Gasteiger partial charge >= 0.3 is 5.97 Å². The summed E-state index contributed by atoms with van der Waals surface area (Å²) in [4.78, 5) is 16.2. The van der Waals surface area contributed by atoms with Crippen molar-refractivity contribution in [1.82, 2.24) is 4.98 Å². The third-order valence-corrected chi connectivity index (χ3v) is 5.78. The van der Waals surface area contributed by atoms with Crippen LogP contribution < -0.4 is 0 Å². The lowest BCUT2D eigenvalue weighted by molar-refractivity contribution is -0.138. The average Bonchev–Trinajstić information content (AvgIpc) is 3.52. The Bertz CT molecular complexity index is 981. The molecule has 1 heterocycles. The van der Waals surface area contributed by atoms with Crippen LogP contribution in [0.2, 0.25) is 0 Å². The molecule has 3 aromatic rings. The van der Waals surface area contributed by atoms with Gasteiger partial charge in [0.25, 0.3) is 0 Å². The van der Waals surface area contributed by atoms with E-state index in [1.54, 1.807) is 0 Å². The predicted octanol–water partition coefficient (Wildman–Crippen LogP) is 6.21. The van der Waals surface area contributed by atoms with Gasteiger partial charge in [-0.1, -0.05) is 62.6 Å². The maximum Gasteiger partial charge on any atom is 0.307 e. The molecule has 0 radical (unpaired) electrons. The van der Waals surface area contributed by atoms with E-state index in [0.29, 0.717) is 6.42 Å². The van der Waals surface area contributed by atoms with E-state index >= 15 is 0 Å². The molecule has 0 aliphatic heterocycles. The van der Waals surface area contributed by atoms with Gasteiger partial charge in [0.05, 0.1) is 11.4 Å². The van der Waals surface area contributed by atoms with Crippen molar-refractivity contribution in [2.75, 3.05) is 0 Å². The molecule has 28 heavy (non-hydrogen) atoms.